The molecule has 2 rings (SSSR count). The summed E-state index contributed by atoms with van der Waals surface area (Å²) in [6.07, 6.45) is 0. The van der Waals surface area contributed by atoms with Crippen molar-refractivity contribution in [3.8, 4) is 5.75 Å². The van der Waals surface area contributed by atoms with Gasteiger partial charge in [-0.2, -0.15) is 0 Å². The molecule has 0 bridgehead atoms. The molecule has 1 amide bonds. The van der Waals surface area contributed by atoms with Crippen molar-refractivity contribution in [2.75, 3.05) is 12.4 Å². The van der Waals surface area contributed by atoms with Gasteiger partial charge in [-0.3, -0.25) is 4.79 Å². The first kappa shape index (κ1) is 13.1. The normalized spacial score (nSPS) is 10.2. The second-order valence-electron chi connectivity index (χ2n) is 3.15. The van der Waals surface area contributed by atoms with E-state index in [1.165, 1.54) is 24.5 Å². The Morgan fingerprint density at radius 1 is 1.39 bits per heavy atom. The van der Waals surface area contributed by atoms with Crippen LogP contribution in [-0.2, 0) is 0 Å². The zero-order valence-corrected chi connectivity index (χ0v) is 11.4. The molecule has 2 aromatic rings. The number of hydrogen-bond acceptors (Lipinski definition) is 5. The zero-order valence-electron chi connectivity index (χ0n) is 9.11. The Kier molecular flexibility index (Phi) is 4.00. The number of ether oxygens (including phenoxy) is 1. The minimum atomic E-state index is -0.311. The van der Waals surface area contributed by atoms with E-state index in [2.05, 4.69) is 15.3 Å². The molecule has 0 saturated heterocycles. The summed E-state index contributed by atoms with van der Waals surface area (Å²) in [6, 6.07) is 3.04. The average Bonchev–Trinajstić information content (AvgIpc) is 2.75. The molecule has 2 aromatic heterocycles. The summed E-state index contributed by atoms with van der Waals surface area (Å²) in [5, 5.41) is 4.44. The number of carbonyl (C=O) groups is 1. The van der Waals surface area contributed by atoms with Gasteiger partial charge in [-0.25, -0.2) is 9.97 Å². The maximum atomic E-state index is 11.9. The Morgan fingerprint density at radius 2 is 2.17 bits per heavy atom. The van der Waals surface area contributed by atoms with Crippen LogP contribution in [0.1, 0.15) is 9.67 Å². The first-order chi connectivity index (χ1) is 8.58. The van der Waals surface area contributed by atoms with Crippen molar-refractivity contribution in [2.24, 2.45) is 0 Å². The van der Waals surface area contributed by atoms with Crippen LogP contribution in [0.2, 0.25) is 10.4 Å². The third-order valence-electron chi connectivity index (χ3n) is 1.94. The minimum absolute atomic E-state index is 0.0263. The number of rotatable bonds is 3. The summed E-state index contributed by atoms with van der Waals surface area (Å²) >= 11 is 12.6. The van der Waals surface area contributed by atoms with Gasteiger partial charge in [-0.05, 0) is 11.6 Å². The molecule has 0 radical (unpaired) electrons. The Labute approximate surface area is 117 Å². The predicted octanol–water partition coefficient (Wildman–Crippen LogP) is 3.11. The molecule has 94 valence electrons. The first-order valence-corrected chi connectivity index (χ1v) is 6.36. The van der Waals surface area contributed by atoms with E-state index in [0.717, 1.165) is 0 Å². The monoisotopic (exact) mass is 303 g/mol. The molecule has 0 aromatic carbocycles. The van der Waals surface area contributed by atoms with E-state index in [4.69, 9.17) is 27.9 Å². The summed E-state index contributed by atoms with van der Waals surface area (Å²) in [4.78, 5) is 19.9. The van der Waals surface area contributed by atoms with Crippen LogP contribution in [0.25, 0.3) is 0 Å². The van der Waals surface area contributed by atoms with Crippen molar-refractivity contribution in [3.63, 3.8) is 0 Å². The highest BCUT2D eigenvalue weighted by Gasteiger charge is 2.11. The van der Waals surface area contributed by atoms with Gasteiger partial charge in [0.2, 0.25) is 5.28 Å². The van der Waals surface area contributed by atoms with Crippen LogP contribution in [-0.4, -0.2) is 23.0 Å². The van der Waals surface area contributed by atoms with Gasteiger partial charge in [-0.15, -0.1) is 11.3 Å². The lowest BCUT2D eigenvalue weighted by Crippen LogP contribution is -2.11. The van der Waals surface area contributed by atoms with Gasteiger partial charge in [0, 0.05) is 17.5 Å². The van der Waals surface area contributed by atoms with Crippen LogP contribution in [0, 0.1) is 0 Å². The Hall–Kier alpha value is -1.37. The van der Waals surface area contributed by atoms with Gasteiger partial charge in [0.25, 0.3) is 5.91 Å². The summed E-state index contributed by atoms with van der Waals surface area (Å²) < 4.78 is 5.00. The van der Waals surface area contributed by atoms with E-state index >= 15 is 0 Å². The molecule has 0 aliphatic rings. The molecule has 18 heavy (non-hydrogen) atoms. The topological polar surface area (TPSA) is 64.1 Å². The fourth-order valence-corrected chi connectivity index (χ4v) is 2.34. The molecule has 0 aliphatic heterocycles. The highest BCUT2D eigenvalue weighted by atomic mass is 35.5. The molecule has 0 fully saturated rings. The lowest BCUT2D eigenvalue weighted by atomic mass is 10.4. The number of nitrogens with one attached hydrogen (secondary N) is 1. The SMILES string of the molecule is COc1csc(C(=O)Nc2cc(Cl)nc(Cl)n2)c1. The number of anilines is 1. The van der Waals surface area contributed by atoms with E-state index in [0.29, 0.717) is 10.6 Å². The molecule has 8 heteroatoms. The van der Waals surface area contributed by atoms with E-state index in [1.807, 2.05) is 0 Å². The van der Waals surface area contributed by atoms with E-state index in [-0.39, 0.29) is 22.2 Å². The highest BCUT2D eigenvalue weighted by Crippen LogP contribution is 2.22. The summed E-state index contributed by atoms with van der Waals surface area (Å²) in [5.74, 6) is 0.565. The zero-order chi connectivity index (χ0) is 13.1. The molecule has 1 N–H and O–H groups in total. The number of amides is 1. The molecule has 0 unspecified atom stereocenters. The Morgan fingerprint density at radius 3 is 2.78 bits per heavy atom. The Bertz CT molecular complexity index is 568. The fourth-order valence-electron chi connectivity index (χ4n) is 1.18. The second kappa shape index (κ2) is 5.51. The van der Waals surface area contributed by atoms with Crippen LogP contribution in [0.5, 0.6) is 5.75 Å². The van der Waals surface area contributed by atoms with Gasteiger partial charge in [0.15, 0.2) is 0 Å². The molecule has 2 heterocycles. The minimum Gasteiger partial charge on any atom is -0.496 e. The molecular formula is C10H7Cl2N3O2S. The summed E-state index contributed by atoms with van der Waals surface area (Å²) in [7, 11) is 1.54. The third kappa shape index (κ3) is 3.10. The number of halogens is 2. The molecular weight excluding hydrogens is 297 g/mol. The van der Waals surface area contributed by atoms with Gasteiger partial charge >= 0.3 is 0 Å². The van der Waals surface area contributed by atoms with Crippen molar-refractivity contribution in [1.29, 1.82) is 0 Å². The van der Waals surface area contributed by atoms with Crippen LogP contribution >= 0.6 is 34.5 Å². The quantitative estimate of drug-likeness (QED) is 0.699. The largest absolute Gasteiger partial charge is 0.496 e. The number of thiophene rings is 1. The van der Waals surface area contributed by atoms with E-state index in [1.54, 1.807) is 11.4 Å². The number of aromatic nitrogens is 2. The predicted molar refractivity (Wildman–Crippen MR) is 70.9 cm³/mol. The molecule has 5 nitrogen and oxygen atoms in total. The van der Waals surface area contributed by atoms with Crippen molar-refractivity contribution in [1.82, 2.24) is 9.97 Å². The standard InChI is InChI=1S/C10H7Cl2N3O2S/c1-17-5-2-6(18-4-5)9(16)14-8-3-7(11)13-10(12)15-8/h2-4H,1H3,(H,13,14,15,16). The van der Waals surface area contributed by atoms with Gasteiger partial charge in [0.1, 0.15) is 16.7 Å². The number of nitrogens with zero attached hydrogens (tertiary/aromatic N) is 2. The van der Waals surface area contributed by atoms with Crippen LogP contribution in [0.3, 0.4) is 0 Å². The van der Waals surface area contributed by atoms with Crippen LogP contribution in [0.15, 0.2) is 17.5 Å². The smallest absolute Gasteiger partial charge is 0.267 e. The molecule has 0 atom stereocenters. The van der Waals surface area contributed by atoms with Crippen LogP contribution < -0.4 is 10.1 Å². The highest BCUT2D eigenvalue weighted by molar-refractivity contribution is 7.12. The molecule has 0 saturated carbocycles. The van der Waals surface area contributed by atoms with E-state index in [9.17, 15) is 4.79 Å². The third-order valence-corrected chi connectivity index (χ3v) is 3.21. The van der Waals surface area contributed by atoms with Gasteiger partial charge in [0.05, 0.1) is 12.0 Å². The van der Waals surface area contributed by atoms with Crippen LogP contribution in [0.4, 0.5) is 5.82 Å². The lowest BCUT2D eigenvalue weighted by molar-refractivity contribution is 0.103. The average molecular weight is 304 g/mol. The van der Waals surface area contributed by atoms with Crippen molar-refractivity contribution in [2.45, 2.75) is 0 Å². The maximum Gasteiger partial charge on any atom is 0.267 e. The number of carbonyl (C=O) groups excluding carboxylic acids is 1. The second-order valence-corrected chi connectivity index (χ2v) is 4.79. The Balaban J connectivity index is 2.15. The molecule has 0 spiro atoms. The van der Waals surface area contributed by atoms with Crippen molar-refractivity contribution in [3.05, 3.63) is 32.8 Å². The lowest BCUT2D eigenvalue weighted by Gasteiger charge is -2.02. The molecule has 0 aliphatic carbocycles. The first-order valence-electron chi connectivity index (χ1n) is 4.72. The van der Waals surface area contributed by atoms with Gasteiger partial charge < -0.3 is 10.1 Å². The fraction of sp³-hybridized carbons (Fsp3) is 0.100. The number of methoxy groups -OCH3 is 1. The number of hydrogen-bond donors (Lipinski definition) is 1. The van der Waals surface area contributed by atoms with Crippen molar-refractivity contribution < 1.29 is 9.53 Å². The van der Waals surface area contributed by atoms with Crippen molar-refractivity contribution >= 4 is 46.3 Å². The van der Waals surface area contributed by atoms with Gasteiger partial charge in [-0.1, -0.05) is 11.6 Å². The summed E-state index contributed by atoms with van der Waals surface area (Å²) in [6.45, 7) is 0. The van der Waals surface area contributed by atoms with E-state index < -0.39 is 0 Å². The maximum absolute atomic E-state index is 11.9. The summed E-state index contributed by atoms with van der Waals surface area (Å²) in [5.41, 5.74) is 0.